The molecule has 0 saturated heterocycles. The first-order valence-electron chi connectivity index (χ1n) is 7.25. The fourth-order valence-electron chi connectivity index (χ4n) is 1.99. The molecule has 1 aromatic carbocycles. The number of nitrogens with one attached hydrogen (secondary N) is 2. The van der Waals surface area contributed by atoms with E-state index in [9.17, 15) is 9.90 Å². The van der Waals surface area contributed by atoms with Gasteiger partial charge in [0.2, 0.25) is 0 Å². The Hall–Kier alpha value is -1.55. The average Bonchev–Trinajstić information content (AvgIpc) is 2.43. The van der Waals surface area contributed by atoms with Crippen LogP contribution >= 0.6 is 0 Å². The number of urea groups is 1. The van der Waals surface area contributed by atoms with Gasteiger partial charge in [0.15, 0.2) is 0 Å². The van der Waals surface area contributed by atoms with E-state index in [-0.39, 0.29) is 18.7 Å². The highest BCUT2D eigenvalue weighted by Crippen LogP contribution is 2.08. The maximum atomic E-state index is 11.8. The van der Waals surface area contributed by atoms with E-state index in [0.717, 1.165) is 24.0 Å². The minimum Gasteiger partial charge on any atom is -0.392 e. The van der Waals surface area contributed by atoms with Crippen LogP contribution in [0.1, 0.15) is 44.7 Å². The van der Waals surface area contributed by atoms with Crippen molar-refractivity contribution >= 4 is 6.03 Å². The molecule has 1 rings (SSSR count). The first kappa shape index (κ1) is 16.5. The Morgan fingerprint density at radius 1 is 1.15 bits per heavy atom. The number of rotatable bonds is 7. The molecule has 4 heteroatoms. The van der Waals surface area contributed by atoms with Crippen LogP contribution in [0.4, 0.5) is 4.79 Å². The minimum atomic E-state index is -0.158. The van der Waals surface area contributed by atoms with Gasteiger partial charge in [0.1, 0.15) is 0 Å². The highest BCUT2D eigenvalue weighted by atomic mass is 16.3. The predicted molar refractivity (Wildman–Crippen MR) is 81.3 cm³/mol. The second-order valence-electron chi connectivity index (χ2n) is 5.63. The summed E-state index contributed by atoms with van der Waals surface area (Å²) >= 11 is 0. The Morgan fingerprint density at radius 2 is 1.80 bits per heavy atom. The van der Waals surface area contributed by atoms with Crippen LogP contribution in [0.15, 0.2) is 24.3 Å². The third-order valence-corrected chi connectivity index (χ3v) is 3.28. The van der Waals surface area contributed by atoms with Crippen LogP contribution in [0.2, 0.25) is 0 Å². The van der Waals surface area contributed by atoms with Crippen molar-refractivity contribution in [1.29, 1.82) is 0 Å². The summed E-state index contributed by atoms with van der Waals surface area (Å²) in [5, 5.41) is 15.0. The van der Waals surface area contributed by atoms with E-state index in [0.29, 0.717) is 12.5 Å². The van der Waals surface area contributed by atoms with Crippen molar-refractivity contribution in [3.8, 4) is 0 Å². The standard InChI is InChI=1S/C16H26N2O2/c1-12(2)8-9-13(3)18-16(20)17-10-14-6-4-5-7-15(14)11-19/h4-7,12-13,19H,8-11H2,1-3H3,(H2,17,18,20). The molecule has 1 unspecified atom stereocenters. The molecule has 0 aromatic heterocycles. The van der Waals surface area contributed by atoms with Crippen LogP contribution in [0.25, 0.3) is 0 Å². The lowest BCUT2D eigenvalue weighted by Crippen LogP contribution is -2.40. The highest BCUT2D eigenvalue weighted by Gasteiger charge is 2.08. The Labute approximate surface area is 121 Å². The number of benzene rings is 1. The van der Waals surface area contributed by atoms with Crippen molar-refractivity contribution in [2.75, 3.05) is 0 Å². The molecule has 1 atom stereocenters. The molecule has 0 saturated carbocycles. The SMILES string of the molecule is CC(C)CCC(C)NC(=O)NCc1ccccc1CO. The number of amides is 2. The number of aliphatic hydroxyl groups is 1. The summed E-state index contributed by atoms with van der Waals surface area (Å²) < 4.78 is 0. The van der Waals surface area contributed by atoms with Crippen molar-refractivity contribution in [1.82, 2.24) is 10.6 Å². The van der Waals surface area contributed by atoms with Crippen molar-refractivity contribution in [2.24, 2.45) is 5.92 Å². The van der Waals surface area contributed by atoms with E-state index < -0.39 is 0 Å². The lowest BCUT2D eigenvalue weighted by Gasteiger charge is -2.16. The molecule has 0 aliphatic rings. The van der Waals surface area contributed by atoms with E-state index >= 15 is 0 Å². The molecule has 3 N–H and O–H groups in total. The van der Waals surface area contributed by atoms with Gasteiger partial charge in [-0.1, -0.05) is 38.1 Å². The number of hydrogen-bond acceptors (Lipinski definition) is 2. The molecule has 1 aromatic rings. The van der Waals surface area contributed by atoms with Crippen molar-refractivity contribution in [3.63, 3.8) is 0 Å². The zero-order chi connectivity index (χ0) is 15.0. The zero-order valence-electron chi connectivity index (χ0n) is 12.6. The molecule has 0 aliphatic carbocycles. The van der Waals surface area contributed by atoms with Crippen LogP contribution < -0.4 is 10.6 Å². The number of hydrogen-bond donors (Lipinski definition) is 3. The molecule has 0 aliphatic heterocycles. The summed E-state index contributed by atoms with van der Waals surface area (Å²) in [4.78, 5) is 11.8. The lowest BCUT2D eigenvalue weighted by atomic mass is 10.0. The molecular weight excluding hydrogens is 252 g/mol. The normalized spacial score (nSPS) is 12.2. The van der Waals surface area contributed by atoms with Crippen LogP contribution in [0.3, 0.4) is 0 Å². The molecule has 0 spiro atoms. The minimum absolute atomic E-state index is 0.00966. The van der Waals surface area contributed by atoms with Crippen LogP contribution in [0.5, 0.6) is 0 Å². The first-order chi connectivity index (χ1) is 9.52. The molecule has 20 heavy (non-hydrogen) atoms. The van der Waals surface area contributed by atoms with E-state index in [4.69, 9.17) is 0 Å². The Kier molecular flexibility index (Phi) is 7.09. The Bertz CT molecular complexity index is 419. The Morgan fingerprint density at radius 3 is 2.40 bits per heavy atom. The second kappa shape index (κ2) is 8.59. The summed E-state index contributed by atoms with van der Waals surface area (Å²) in [7, 11) is 0. The van der Waals surface area contributed by atoms with Crippen molar-refractivity contribution in [3.05, 3.63) is 35.4 Å². The van der Waals surface area contributed by atoms with Gasteiger partial charge in [-0.15, -0.1) is 0 Å². The molecule has 2 amide bonds. The first-order valence-corrected chi connectivity index (χ1v) is 7.25. The topological polar surface area (TPSA) is 61.4 Å². The van der Waals surface area contributed by atoms with Gasteiger partial charge in [-0.2, -0.15) is 0 Å². The highest BCUT2D eigenvalue weighted by molar-refractivity contribution is 5.74. The van der Waals surface area contributed by atoms with Crippen LogP contribution in [-0.2, 0) is 13.2 Å². The van der Waals surface area contributed by atoms with E-state index in [1.807, 2.05) is 31.2 Å². The molecule has 0 fully saturated rings. The van der Waals surface area contributed by atoms with Crippen molar-refractivity contribution < 1.29 is 9.90 Å². The summed E-state index contributed by atoms with van der Waals surface area (Å²) in [6.45, 7) is 6.80. The second-order valence-corrected chi connectivity index (χ2v) is 5.63. The fraction of sp³-hybridized carbons (Fsp3) is 0.562. The number of aliphatic hydroxyl groups excluding tert-OH is 1. The maximum Gasteiger partial charge on any atom is 0.315 e. The maximum absolute atomic E-state index is 11.8. The molecule has 4 nitrogen and oxygen atoms in total. The van der Waals surface area contributed by atoms with Gasteiger partial charge in [0, 0.05) is 12.6 Å². The summed E-state index contributed by atoms with van der Waals surface area (Å²) in [6, 6.07) is 7.57. The smallest absolute Gasteiger partial charge is 0.315 e. The zero-order valence-corrected chi connectivity index (χ0v) is 12.6. The van der Waals surface area contributed by atoms with Crippen LogP contribution in [-0.4, -0.2) is 17.2 Å². The quantitative estimate of drug-likeness (QED) is 0.718. The summed E-state index contributed by atoms with van der Waals surface area (Å²) in [5.41, 5.74) is 1.79. The lowest BCUT2D eigenvalue weighted by molar-refractivity contribution is 0.236. The monoisotopic (exact) mass is 278 g/mol. The molecular formula is C16H26N2O2. The average molecular weight is 278 g/mol. The van der Waals surface area contributed by atoms with E-state index in [1.54, 1.807) is 0 Å². The van der Waals surface area contributed by atoms with Gasteiger partial charge >= 0.3 is 6.03 Å². The Balaban J connectivity index is 2.36. The third-order valence-electron chi connectivity index (χ3n) is 3.28. The number of carbonyl (C=O) groups excluding carboxylic acids is 1. The van der Waals surface area contributed by atoms with Gasteiger partial charge in [-0.25, -0.2) is 4.79 Å². The number of carbonyl (C=O) groups is 1. The van der Waals surface area contributed by atoms with Crippen molar-refractivity contribution in [2.45, 2.75) is 52.8 Å². The molecule has 0 bridgehead atoms. The van der Waals surface area contributed by atoms with Gasteiger partial charge in [-0.05, 0) is 36.8 Å². The fourth-order valence-corrected chi connectivity index (χ4v) is 1.99. The van der Waals surface area contributed by atoms with Crippen LogP contribution in [0, 0.1) is 5.92 Å². The third kappa shape index (κ3) is 6.06. The van der Waals surface area contributed by atoms with Gasteiger partial charge in [-0.3, -0.25) is 0 Å². The van der Waals surface area contributed by atoms with Gasteiger partial charge in [0.25, 0.3) is 0 Å². The molecule has 112 valence electrons. The predicted octanol–water partition coefficient (Wildman–Crippen LogP) is 2.80. The molecule has 0 radical (unpaired) electrons. The summed E-state index contributed by atoms with van der Waals surface area (Å²) in [5.74, 6) is 0.652. The van der Waals surface area contributed by atoms with Gasteiger partial charge < -0.3 is 15.7 Å². The van der Waals surface area contributed by atoms with E-state index in [2.05, 4.69) is 24.5 Å². The van der Waals surface area contributed by atoms with Gasteiger partial charge in [0.05, 0.1) is 6.61 Å². The summed E-state index contributed by atoms with van der Waals surface area (Å²) in [6.07, 6.45) is 2.09. The molecule has 0 heterocycles. The largest absolute Gasteiger partial charge is 0.392 e. The van der Waals surface area contributed by atoms with E-state index in [1.165, 1.54) is 0 Å².